The molecule has 0 radical (unpaired) electrons. The van der Waals surface area contributed by atoms with Crippen molar-refractivity contribution in [3.63, 3.8) is 0 Å². The molecule has 0 unspecified atom stereocenters. The van der Waals surface area contributed by atoms with E-state index in [9.17, 15) is 4.79 Å². The SMILES string of the molecule is O=C(COCc1ccccc1)NCc1ncc[nH]1. The predicted molar refractivity (Wildman–Crippen MR) is 66.5 cm³/mol. The van der Waals surface area contributed by atoms with Crippen LogP contribution in [0, 0.1) is 0 Å². The Balaban J connectivity index is 1.63. The Morgan fingerprint density at radius 1 is 1.33 bits per heavy atom. The Hall–Kier alpha value is -2.14. The second kappa shape index (κ2) is 6.56. The van der Waals surface area contributed by atoms with Crippen molar-refractivity contribution in [2.45, 2.75) is 13.2 Å². The second-order valence-corrected chi connectivity index (χ2v) is 3.79. The number of aromatic nitrogens is 2. The van der Waals surface area contributed by atoms with Gasteiger partial charge in [0.1, 0.15) is 12.4 Å². The molecule has 0 aliphatic rings. The summed E-state index contributed by atoms with van der Waals surface area (Å²) in [7, 11) is 0. The van der Waals surface area contributed by atoms with Crippen LogP contribution in [0.3, 0.4) is 0 Å². The van der Waals surface area contributed by atoms with Crippen LogP contribution in [0.15, 0.2) is 42.7 Å². The Kier molecular flexibility index (Phi) is 4.49. The lowest BCUT2D eigenvalue weighted by Gasteiger charge is -2.05. The molecule has 1 heterocycles. The number of ether oxygens (including phenoxy) is 1. The van der Waals surface area contributed by atoms with Crippen molar-refractivity contribution in [1.82, 2.24) is 15.3 Å². The molecule has 2 N–H and O–H groups in total. The molecular weight excluding hydrogens is 230 g/mol. The quantitative estimate of drug-likeness (QED) is 0.804. The first-order valence-corrected chi connectivity index (χ1v) is 5.71. The molecule has 5 heteroatoms. The molecule has 0 atom stereocenters. The molecule has 1 aromatic carbocycles. The number of hydrogen-bond donors (Lipinski definition) is 2. The smallest absolute Gasteiger partial charge is 0.246 e. The van der Waals surface area contributed by atoms with Gasteiger partial charge in [-0.3, -0.25) is 4.79 Å². The second-order valence-electron chi connectivity index (χ2n) is 3.79. The summed E-state index contributed by atoms with van der Waals surface area (Å²) in [6, 6.07) is 9.74. The summed E-state index contributed by atoms with van der Waals surface area (Å²) in [5.41, 5.74) is 1.05. The zero-order valence-electron chi connectivity index (χ0n) is 9.93. The van der Waals surface area contributed by atoms with Crippen molar-refractivity contribution in [1.29, 1.82) is 0 Å². The maximum absolute atomic E-state index is 11.5. The van der Waals surface area contributed by atoms with Crippen molar-refractivity contribution < 1.29 is 9.53 Å². The van der Waals surface area contributed by atoms with Crippen LogP contribution in [0.2, 0.25) is 0 Å². The summed E-state index contributed by atoms with van der Waals surface area (Å²) < 4.78 is 5.31. The third-order valence-electron chi connectivity index (χ3n) is 2.35. The molecular formula is C13H15N3O2. The molecule has 0 saturated heterocycles. The minimum Gasteiger partial charge on any atom is -0.367 e. The average molecular weight is 245 g/mol. The van der Waals surface area contributed by atoms with Gasteiger partial charge < -0.3 is 15.0 Å². The molecule has 0 saturated carbocycles. The number of rotatable bonds is 6. The molecule has 0 aliphatic carbocycles. The fourth-order valence-electron chi connectivity index (χ4n) is 1.46. The van der Waals surface area contributed by atoms with Crippen molar-refractivity contribution >= 4 is 5.91 Å². The highest BCUT2D eigenvalue weighted by Crippen LogP contribution is 1.99. The van der Waals surface area contributed by atoms with Crippen LogP contribution >= 0.6 is 0 Å². The van der Waals surface area contributed by atoms with Crippen LogP contribution < -0.4 is 5.32 Å². The normalized spacial score (nSPS) is 10.2. The molecule has 1 amide bonds. The fraction of sp³-hybridized carbons (Fsp3) is 0.231. The van der Waals surface area contributed by atoms with Gasteiger partial charge in [0.05, 0.1) is 13.2 Å². The highest BCUT2D eigenvalue weighted by molar-refractivity contribution is 5.77. The molecule has 5 nitrogen and oxygen atoms in total. The summed E-state index contributed by atoms with van der Waals surface area (Å²) in [4.78, 5) is 18.4. The number of hydrogen-bond acceptors (Lipinski definition) is 3. The number of nitrogens with one attached hydrogen (secondary N) is 2. The summed E-state index contributed by atoms with van der Waals surface area (Å²) >= 11 is 0. The van der Waals surface area contributed by atoms with Gasteiger partial charge in [-0.15, -0.1) is 0 Å². The monoisotopic (exact) mass is 245 g/mol. The van der Waals surface area contributed by atoms with Crippen LogP contribution in [0.25, 0.3) is 0 Å². The third kappa shape index (κ3) is 4.03. The minimum atomic E-state index is -0.151. The van der Waals surface area contributed by atoms with Gasteiger partial charge in [0.25, 0.3) is 0 Å². The molecule has 2 rings (SSSR count). The van der Waals surface area contributed by atoms with Crippen LogP contribution in [0.5, 0.6) is 0 Å². The maximum atomic E-state index is 11.5. The van der Waals surface area contributed by atoms with Gasteiger partial charge in [-0.05, 0) is 5.56 Å². The lowest BCUT2D eigenvalue weighted by molar-refractivity contribution is -0.126. The summed E-state index contributed by atoms with van der Waals surface area (Å²) in [6.45, 7) is 0.880. The van der Waals surface area contributed by atoms with E-state index in [4.69, 9.17) is 4.74 Å². The van der Waals surface area contributed by atoms with Crippen molar-refractivity contribution in [3.8, 4) is 0 Å². The average Bonchev–Trinajstić information content (AvgIpc) is 2.91. The summed E-state index contributed by atoms with van der Waals surface area (Å²) in [6.07, 6.45) is 3.36. The Labute approximate surface area is 105 Å². The molecule has 0 fully saturated rings. The molecule has 0 bridgehead atoms. The van der Waals surface area contributed by atoms with Crippen molar-refractivity contribution in [3.05, 3.63) is 54.1 Å². The molecule has 1 aromatic heterocycles. The standard InChI is InChI=1S/C13H15N3O2/c17-13(16-8-12-14-6-7-15-12)10-18-9-11-4-2-1-3-5-11/h1-7H,8-10H2,(H,14,15)(H,16,17). The number of imidazole rings is 1. The predicted octanol–water partition coefficient (Wildman–Crippen LogP) is 1.24. The Bertz CT molecular complexity index is 468. The first-order chi connectivity index (χ1) is 8.84. The zero-order valence-corrected chi connectivity index (χ0v) is 9.93. The number of benzene rings is 1. The Morgan fingerprint density at radius 3 is 2.89 bits per heavy atom. The first-order valence-electron chi connectivity index (χ1n) is 5.71. The molecule has 0 aliphatic heterocycles. The van der Waals surface area contributed by atoms with Gasteiger partial charge in [-0.1, -0.05) is 30.3 Å². The van der Waals surface area contributed by atoms with E-state index in [0.29, 0.717) is 13.2 Å². The molecule has 18 heavy (non-hydrogen) atoms. The highest BCUT2D eigenvalue weighted by atomic mass is 16.5. The van der Waals surface area contributed by atoms with E-state index in [1.165, 1.54) is 0 Å². The van der Waals surface area contributed by atoms with E-state index in [-0.39, 0.29) is 12.5 Å². The van der Waals surface area contributed by atoms with E-state index in [0.717, 1.165) is 11.4 Å². The molecule has 2 aromatic rings. The highest BCUT2D eigenvalue weighted by Gasteiger charge is 2.02. The van der Waals surface area contributed by atoms with E-state index in [2.05, 4.69) is 15.3 Å². The van der Waals surface area contributed by atoms with Gasteiger partial charge in [-0.25, -0.2) is 4.98 Å². The lowest BCUT2D eigenvalue weighted by atomic mass is 10.2. The summed E-state index contributed by atoms with van der Waals surface area (Å²) in [5.74, 6) is 0.578. The number of carbonyl (C=O) groups is 1. The van der Waals surface area contributed by atoms with Crippen LogP contribution in [0.4, 0.5) is 0 Å². The maximum Gasteiger partial charge on any atom is 0.246 e. The number of aromatic amines is 1. The van der Waals surface area contributed by atoms with Crippen LogP contribution in [-0.4, -0.2) is 22.5 Å². The van der Waals surface area contributed by atoms with Gasteiger partial charge in [0, 0.05) is 12.4 Å². The van der Waals surface area contributed by atoms with Gasteiger partial charge >= 0.3 is 0 Å². The minimum absolute atomic E-state index is 0.0512. The zero-order chi connectivity index (χ0) is 12.6. The topological polar surface area (TPSA) is 67.0 Å². The van der Waals surface area contributed by atoms with E-state index < -0.39 is 0 Å². The number of carbonyl (C=O) groups excluding carboxylic acids is 1. The van der Waals surface area contributed by atoms with Crippen molar-refractivity contribution in [2.24, 2.45) is 0 Å². The third-order valence-corrected chi connectivity index (χ3v) is 2.35. The molecule has 94 valence electrons. The van der Waals surface area contributed by atoms with Crippen molar-refractivity contribution in [2.75, 3.05) is 6.61 Å². The first kappa shape index (κ1) is 12.3. The fourth-order valence-corrected chi connectivity index (χ4v) is 1.46. The lowest BCUT2D eigenvalue weighted by Crippen LogP contribution is -2.27. The van der Waals surface area contributed by atoms with Crippen LogP contribution in [-0.2, 0) is 22.7 Å². The summed E-state index contributed by atoms with van der Waals surface area (Å²) in [5, 5.41) is 2.71. The van der Waals surface area contributed by atoms with Gasteiger partial charge in [0.2, 0.25) is 5.91 Å². The largest absolute Gasteiger partial charge is 0.367 e. The van der Waals surface area contributed by atoms with E-state index in [1.807, 2.05) is 30.3 Å². The number of amides is 1. The Morgan fingerprint density at radius 2 is 2.17 bits per heavy atom. The molecule has 0 spiro atoms. The number of nitrogens with zero attached hydrogens (tertiary/aromatic N) is 1. The van der Waals surface area contributed by atoms with E-state index >= 15 is 0 Å². The van der Waals surface area contributed by atoms with Gasteiger partial charge in [-0.2, -0.15) is 0 Å². The number of H-pyrrole nitrogens is 1. The van der Waals surface area contributed by atoms with E-state index in [1.54, 1.807) is 12.4 Å². The van der Waals surface area contributed by atoms with Crippen LogP contribution in [0.1, 0.15) is 11.4 Å². The van der Waals surface area contributed by atoms with Gasteiger partial charge in [0.15, 0.2) is 0 Å².